The molecule has 0 unspecified atom stereocenters. The number of rotatable bonds is 6. The first-order valence-electron chi connectivity index (χ1n) is 5.78. The van der Waals surface area contributed by atoms with Gasteiger partial charge in [0.2, 0.25) is 0 Å². The molecule has 0 atom stereocenters. The van der Waals surface area contributed by atoms with E-state index in [0.29, 0.717) is 6.42 Å². The van der Waals surface area contributed by atoms with E-state index in [1.54, 1.807) is 0 Å². The number of likely N-dealkylation sites (tertiary alicyclic amines) is 1. The Labute approximate surface area is 86.9 Å². The quantitative estimate of drug-likeness (QED) is 0.659. The van der Waals surface area contributed by atoms with Gasteiger partial charge in [0.25, 0.3) is 0 Å². The Bertz CT molecular complexity index is 133. The van der Waals surface area contributed by atoms with Gasteiger partial charge in [-0.05, 0) is 64.8 Å². The third kappa shape index (κ3) is 4.91. The smallest absolute Gasteiger partial charge is 0.0906 e. The van der Waals surface area contributed by atoms with Crippen molar-refractivity contribution in [2.45, 2.75) is 25.7 Å². The maximum absolute atomic E-state index is 11.8. The molecule has 2 nitrogen and oxygen atoms in total. The molecule has 1 aliphatic heterocycles. The molecule has 0 saturated carbocycles. The number of halogens is 1. The first kappa shape index (κ1) is 11.9. The molecule has 1 heterocycles. The third-order valence-corrected chi connectivity index (χ3v) is 3.05. The number of nitrogens with one attached hydrogen (secondary N) is 1. The van der Waals surface area contributed by atoms with E-state index < -0.39 is 0 Å². The number of hydrogen-bond acceptors (Lipinski definition) is 2. The number of hydrogen-bond donors (Lipinski definition) is 1. The average Bonchev–Trinajstić information content (AvgIpc) is 2.21. The lowest BCUT2D eigenvalue weighted by atomic mass is 9.94. The Morgan fingerprint density at radius 3 is 2.64 bits per heavy atom. The van der Waals surface area contributed by atoms with Crippen LogP contribution in [0.2, 0.25) is 0 Å². The van der Waals surface area contributed by atoms with Gasteiger partial charge in [-0.3, -0.25) is 4.39 Å². The van der Waals surface area contributed by atoms with E-state index in [1.807, 2.05) is 0 Å². The van der Waals surface area contributed by atoms with Gasteiger partial charge in [0.15, 0.2) is 0 Å². The predicted molar refractivity (Wildman–Crippen MR) is 58.3 cm³/mol. The highest BCUT2D eigenvalue weighted by atomic mass is 19.1. The highest BCUT2D eigenvalue weighted by molar-refractivity contribution is 4.70. The van der Waals surface area contributed by atoms with Crippen molar-refractivity contribution in [3.8, 4) is 0 Å². The van der Waals surface area contributed by atoms with Crippen LogP contribution >= 0.6 is 0 Å². The molecule has 3 heteroatoms. The minimum absolute atomic E-state index is 0.193. The number of piperidine rings is 1. The highest BCUT2D eigenvalue weighted by Gasteiger charge is 2.15. The molecule has 1 saturated heterocycles. The summed E-state index contributed by atoms with van der Waals surface area (Å²) in [4.78, 5) is 2.40. The van der Waals surface area contributed by atoms with E-state index in [-0.39, 0.29) is 6.67 Å². The molecule has 1 fully saturated rings. The zero-order chi connectivity index (χ0) is 10.2. The van der Waals surface area contributed by atoms with Crippen molar-refractivity contribution in [3.63, 3.8) is 0 Å². The van der Waals surface area contributed by atoms with Crippen molar-refractivity contribution in [1.29, 1.82) is 0 Å². The lowest BCUT2D eigenvalue weighted by Crippen LogP contribution is -2.31. The van der Waals surface area contributed by atoms with Crippen LogP contribution < -0.4 is 5.32 Å². The van der Waals surface area contributed by atoms with E-state index in [0.717, 1.165) is 19.0 Å². The van der Waals surface area contributed by atoms with Crippen molar-refractivity contribution in [1.82, 2.24) is 10.2 Å². The van der Waals surface area contributed by atoms with E-state index in [1.165, 1.54) is 32.4 Å². The van der Waals surface area contributed by atoms with Gasteiger partial charge in [-0.25, -0.2) is 0 Å². The van der Waals surface area contributed by atoms with Gasteiger partial charge in [0.1, 0.15) is 0 Å². The largest absolute Gasteiger partial charge is 0.317 e. The van der Waals surface area contributed by atoms with Crippen LogP contribution in [0.3, 0.4) is 0 Å². The van der Waals surface area contributed by atoms with Gasteiger partial charge in [-0.2, -0.15) is 0 Å². The maximum Gasteiger partial charge on any atom is 0.0906 e. The minimum Gasteiger partial charge on any atom is -0.317 e. The number of alkyl halides is 1. The van der Waals surface area contributed by atoms with E-state index >= 15 is 0 Å². The lowest BCUT2D eigenvalue weighted by molar-refractivity contribution is 0.211. The van der Waals surface area contributed by atoms with Gasteiger partial charge in [0, 0.05) is 0 Å². The summed E-state index contributed by atoms with van der Waals surface area (Å²) in [5, 5.41) is 3.29. The number of nitrogens with zero attached hydrogens (tertiary/aromatic N) is 1. The van der Waals surface area contributed by atoms with Gasteiger partial charge in [-0.15, -0.1) is 0 Å². The molecule has 1 N–H and O–H groups in total. The third-order valence-electron chi connectivity index (χ3n) is 3.05. The van der Waals surface area contributed by atoms with E-state index in [2.05, 4.69) is 17.3 Å². The topological polar surface area (TPSA) is 15.3 Å². The zero-order valence-corrected chi connectivity index (χ0v) is 9.27. The Balaban J connectivity index is 1.91. The molecule has 1 aliphatic rings. The van der Waals surface area contributed by atoms with Gasteiger partial charge < -0.3 is 10.2 Å². The van der Waals surface area contributed by atoms with Crippen molar-refractivity contribution in [2.75, 3.05) is 39.9 Å². The van der Waals surface area contributed by atoms with Crippen molar-refractivity contribution >= 4 is 0 Å². The molecule has 0 aromatic heterocycles. The maximum atomic E-state index is 11.8. The second-order valence-corrected chi connectivity index (χ2v) is 4.33. The van der Waals surface area contributed by atoms with Crippen LogP contribution in [-0.2, 0) is 0 Å². The molecule has 0 amide bonds. The summed E-state index contributed by atoms with van der Waals surface area (Å²) < 4.78 is 11.8. The van der Waals surface area contributed by atoms with Crippen LogP contribution in [0.1, 0.15) is 25.7 Å². The molecule has 0 aliphatic carbocycles. The first-order chi connectivity index (χ1) is 6.83. The molecule has 0 aromatic carbocycles. The fourth-order valence-corrected chi connectivity index (χ4v) is 1.97. The summed E-state index contributed by atoms with van der Waals surface area (Å²) in [6.07, 6.45) is 4.59. The normalized spacial score (nSPS) is 20.1. The Kier molecular flexibility index (Phi) is 6.12. The Morgan fingerprint density at radius 2 is 2.00 bits per heavy atom. The molecule has 84 valence electrons. The summed E-state index contributed by atoms with van der Waals surface area (Å²) >= 11 is 0. The molecule has 14 heavy (non-hydrogen) atoms. The monoisotopic (exact) mass is 202 g/mol. The van der Waals surface area contributed by atoms with Crippen LogP contribution in [0, 0.1) is 5.92 Å². The lowest BCUT2D eigenvalue weighted by Gasteiger charge is -2.28. The Morgan fingerprint density at radius 1 is 1.29 bits per heavy atom. The summed E-state index contributed by atoms with van der Waals surface area (Å²) in [6, 6.07) is 0. The minimum atomic E-state index is -0.193. The van der Waals surface area contributed by atoms with Crippen molar-refractivity contribution in [2.24, 2.45) is 5.92 Å². The molecule has 0 spiro atoms. The summed E-state index contributed by atoms with van der Waals surface area (Å²) in [7, 11) is 2.19. The molecular weight excluding hydrogens is 179 g/mol. The molecular formula is C11H23FN2. The van der Waals surface area contributed by atoms with Crippen molar-refractivity contribution in [3.05, 3.63) is 0 Å². The second-order valence-electron chi connectivity index (χ2n) is 4.33. The first-order valence-corrected chi connectivity index (χ1v) is 5.78. The summed E-state index contributed by atoms with van der Waals surface area (Å²) in [5.41, 5.74) is 0. The fourth-order valence-electron chi connectivity index (χ4n) is 1.97. The molecule has 0 radical (unpaired) electrons. The van der Waals surface area contributed by atoms with Gasteiger partial charge in [0.05, 0.1) is 6.67 Å². The predicted octanol–water partition coefficient (Wildman–Crippen LogP) is 1.67. The van der Waals surface area contributed by atoms with Crippen LogP contribution in [0.5, 0.6) is 0 Å². The van der Waals surface area contributed by atoms with Gasteiger partial charge >= 0.3 is 0 Å². The average molecular weight is 202 g/mol. The standard InChI is InChI=1S/C11H23FN2/c1-14-9-4-11(5-10-14)3-8-13-7-2-6-12/h11,13H,2-10H2,1H3. The van der Waals surface area contributed by atoms with E-state index in [4.69, 9.17) is 0 Å². The molecule has 0 aromatic rings. The Hall–Kier alpha value is -0.150. The molecule has 1 rings (SSSR count). The second kappa shape index (κ2) is 7.18. The van der Waals surface area contributed by atoms with E-state index in [9.17, 15) is 4.39 Å². The zero-order valence-electron chi connectivity index (χ0n) is 9.27. The van der Waals surface area contributed by atoms with Crippen LogP contribution in [0.25, 0.3) is 0 Å². The van der Waals surface area contributed by atoms with Crippen LogP contribution in [-0.4, -0.2) is 44.8 Å². The highest BCUT2D eigenvalue weighted by Crippen LogP contribution is 2.18. The van der Waals surface area contributed by atoms with Crippen molar-refractivity contribution < 1.29 is 4.39 Å². The summed E-state index contributed by atoms with van der Waals surface area (Å²) in [6.45, 7) is 4.20. The van der Waals surface area contributed by atoms with Crippen LogP contribution in [0.4, 0.5) is 4.39 Å². The van der Waals surface area contributed by atoms with Gasteiger partial charge in [-0.1, -0.05) is 0 Å². The summed E-state index contributed by atoms with van der Waals surface area (Å²) in [5.74, 6) is 0.893. The molecule has 0 bridgehead atoms. The SMILES string of the molecule is CN1CCC(CCNCCCF)CC1. The fraction of sp³-hybridized carbons (Fsp3) is 1.00. The van der Waals surface area contributed by atoms with Crippen LogP contribution in [0.15, 0.2) is 0 Å².